The summed E-state index contributed by atoms with van der Waals surface area (Å²) < 4.78 is 5.29. The normalized spacial score (nSPS) is 29.6. The van der Waals surface area contributed by atoms with Crippen LogP contribution in [0.25, 0.3) is 4.85 Å². The molecule has 0 radical (unpaired) electrons. The average Bonchev–Trinajstić information content (AvgIpc) is 2.37. The molecule has 1 aliphatic heterocycles. The predicted octanol–water partition coefficient (Wildman–Crippen LogP) is 1.47. The van der Waals surface area contributed by atoms with Gasteiger partial charge in [-0.2, -0.15) is 0 Å². The maximum atomic E-state index is 6.72. The molecule has 0 spiro atoms. The van der Waals surface area contributed by atoms with Gasteiger partial charge in [-0.05, 0) is 12.8 Å². The van der Waals surface area contributed by atoms with E-state index in [1.807, 2.05) is 6.92 Å². The summed E-state index contributed by atoms with van der Waals surface area (Å²) in [6.07, 6.45) is 2.43. The van der Waals surface area contributed by atoms with E-state index in [9.17, 15) is 0 Å². The highest BCUT2D eigenvalue weighted by molar-refractivity contribution is 4.84. The second-order valence-corrected chi connectivity index (χ2v) is 2.42. The van der Waals surface area contributed by atoms with Gasteiger partial charge in [0.05, 0.1) is 0 Å². The average molecular weight is 125 g/mol. The van der Waals surface area contributed by atoms with Crippen molar-refractivity contribution in [2.24, 2.45) is 0 Å². The largest absolute Gasteiger partial charge is 0.370 e. The first kappa shape index (κ1) is 6.57. The monoisotopic (exact) mass is 125 g/mol. The molecule has 1 rings (SSSR count). The molecule has 2 nitrogen and oxygen atoms in total. The molecular weight excluding hydrogens is 114 g/mol. The summed E-state index contributed by atoms with van der Waals surface area (Å²) in [5.74, 6) is 0. The summed E-state index contributed by atoms with van der Waals surface area (Å²) in [7, 11) is 0. The van der Waals surface area contributed by atoms with Crippen molar-refractivity contribution in [2.45, 2.75) is 31.9 Å². The Bertz CT molecular complexity index is 121. The van der Waals surface area contributed by atoms with Gasteiger partial charge in [-0.15, -0.1) is 0 Å². The van der Waals surface area contributed by atoms with Gasteiger partial charge in [-0.25, -0.2) is 6.57 Å². The van der Waals surface area contributed by atoms with Gasteiger partial charge in [0.15, 0.2) is 0 Å². The first-order chi connectivity index (χ1) is 4.34. The standard InChI is InChI=1S/C7H11NO/c1-6(8-2)7-4-3-5-9-7/h6-7H,3-5H2,1H3. The zero-order chi connectivity index (χ0) is 6.69. The number of hydrogen-bond donors (Lipinski definition) is 0. The molecule has 0 amide bonds. The second kappa shape index (κ2) is 2.84. The van der Waals surface area contributed by atoms with E-state index in [-0.39, 0.29) is 12.1 Å². The van der Waals surface area contributed by atoms with Crippen LogP contribution in [-0.4, -0.2) is 18.8 Å². The molecule has 1 heterocycles. The van der Waals surface area contributed by atoms with Gasteiger partial charge in [0.25, 0.3) is 0 Å². The highest BCUT2D eigenvalue weighted by atomic mass is 16.5. The maximum absolute atomic E-state index is 6.72. The van der Waals surface area contributed by atoms with E-state index < -0.39 is 0 Å². The van der Waals surface area contributed by atoms with Crippen LogP contribution >= 0.6 is 0 Å². The molecule has 0 N–H and O–H groups in total. The Morgan fingerprint density at radius 3 is 3.00 bits per heavy atom. The highest BCUT2D eigenvalue weighted by Crippen LogP contribution is 2.16. The van der Waals surface area contributed by atoms with Gasteiger partial charge in [-0.3, -0.25) is 0 Å². The fourth-order valence-corrected chi connectivity index (χ4v) is 1.07. The number of rotatable bonds is 1. The van der Waals surface area contributed by atoms with Crippen LogP contribution in [0.5, 0.6) is 0 Å². The molecule has 0 aromatic heterocycles. The fraction of sp³-hybridized carbons (Fsp3) is 0.857. The first-order valence-electron chi connectivity index (χ1n) is 3.33. The third-order valence-corrected chi connectivity index (χ3v) is 1.71. The van der Waals surface area contributed by atoms with Crippen molar-refractivity contribution < 1.29 is 4.74 Å². The molecule has 50 valence electrons. The summed E-state index contributed by atoms with van der Waals surface area (Å²) in [6.45, 7) is 9.49. The topological polar surface area (TPSA) is 13.6 Å². The third-order valence-electron chi connectivity index (χ3n) is 1.71. The van der Waals surface area contributed by atoms with Gasteiger partial charge < -0.3 is 9.58 Å². The van der Waals surface area contributed by atoms with Gasteiger partial charge in [-0.1, -0.05) is 0 Å². The van der Waals surface area contributed by atoms with Gasteiger partial charge >= 0.3 is 0 Å². The minimum atomic E-state index is 0.0625. The fourth-order valence-electron chi connectivity index (χ4n) is 1.07. The van der Waals surface area contributed by atoms with Crippen LogP contribution in [0.2, 0.25) is 0 Å². The van der Waals surface area contributed by atoms with E-state index in [0.717, 1.165) is 19.4 Å². The van der Waals surface area contributed by atoms with E-state index in [1.165, 1.54) is 0 Å². The summed E-state index contributed by atoms with van der Waals surface area (Å²) in [5, 5.41) is 0. The van der Waals surface area contributed by atoms with Crippen LogP contribution in [0.3, 0.4) is 0 Å². The van der Waals surface area contributed by atoms with Crippen LogP contribution < -0.4 is 0 Å². The number of ether oxygens (including phenoxy) is 1. The Hall–Kier alpha value is -0.550. The lowest BCUT2D eigenvalue weighted by Crippen LogP contribution is -2.17. The van der Waals surface area contributed by atoms with Gasteiger partial charge in [0.1, 0.15) is 6.10 Å². The Kier molecular flexibility index (Phi) is 2.07. The van der Waals surface area contributed by atoms with E-state index in [0.29, 0.717) is 0 Å². The van der Waals surface area contributed by atoms with E-state index in [2.05, 4.69) is 4.85 Å². The second-order valence-electron chi connectivity index (χ2n) is 2.42. The number of hydrogen-bond acceptors (Lipinski definition) is 1. The quantitative estimate of drug-likeness (QED) is 0.484. The third kappa shape index (κ3) is 1.43. The van der Waals surface area contributed by atoms with Crippen LogP contribution in [0, 0.1) is 6.57 Å². The van der Waals surface area contributed by atoms with Crippen molar-refractivity contribution in [2.75, 3.05) is 6.61 Å². The van der Waals surface area contributed by atoms with E-state index >= 15 is 0 Å². The van der Waals surface area contributed by atoms with Crippen molar-refractivity contribution in [3.05, 3.63) is 11.4 Å². The Labute approximate surface area is 55.6 Å². The molecule has 2 unspecified atom stereocenters. The molecule has 0 aliphatic carbocycles. The lowest BCUT2D eigenvalue weighted by molar-refractivity contribution is 0.103. The minimum Gasteiger partial charge on any atom is -0.370 e. The molecule has 1 fully saturated rings. The minimum absolute atomic E-state index is 0.0625. The molecule has 0 saturated carbocycles. The summed E-state index contributed by atoms with van der Waals surface area (Å²) in [5.41, 5.74) is 0. The van der Waals surface area contributed by atoms with Crippen molar-refractivity contribution in [3.8, 4) is 0 Å². The molecule has 0 bridgehead atoms. The lowest BCUT2D eigenvalue weighted by Gasteiger charge is -2.05. The lowest BCUT2D eigenvalue weighted by atomic mass is 10.1. The molecule has 0 aromatic carbocycles. The van der Waals surface area contributed by atoms with Crippen LogP contribution in [0.4, 0.5) is 0 Å². The Morgan fingerprint density at radius 1 is 1.78 bits per heavy atom. The molecule has 2 heteroatoms. The predicted molar refractivity (Wildman–Crippen MR) is 35.0 cm³/mol. The van der Waals surface area contributed by atoms with Crippen LogP contribution in [0.1, 0.15) is 19.8 Å². The SMILES string of the molecule is [C-]#[N+]C(C)C1CCCO1. The molecule has 0 aromatic rings. The summed E-state index contributed by atoms with van der Waals surface area (Å²) >= 11 is 0. The first-order valence-corrected chi connectivity index (χ1v) is 3.33. The van der Waals surface area contributed by atoms with Crippen molar-refractivity contribution >= 4 is 0 Å². The maximum Gasteiger partial charge on any atom is 0.246 e. The molecular formula is C7H11NO. The molecule has 1 saturated heterocycles. The van der Waals surface area contributed by atoms with Crippen LogP contribution in [0.15, 0.2) is 0 Å². The van der Waals surface area contributed by atoms with Gasteiger partial charge in [0.2, 0.25) is 6.04 Å². The van der Waals surface area contributed by atoms with E-state index in [4.69, 9.17) is 11.3 Å². The zero-order valence-corrected chi connectivity index (χ0v) is 5.63. The van der Waals surface area contributed by atoms with Crippen molar-refractivity contribution in [1.29, 1.82) is 0 Å². The highest BCUT2D eigenvalue weighted by Gasteiger charge is 2.25. The Morgan fingerprint density at radius 2 is 2.56 bits per heavy atom. The Balaban J connectivity index is 2.34. The smallest absolute Gasteiger partial charge is 0.246 e. The van der Waals surface area contributed by atoms with Crippen molar-refractivity contribution in [1.82, 2.24) is 0 Å². The van der Waals surface area contributed by atoms with Gasteiger partial charge in [0, 0.05) is 13.5 Å². The molecule has 1 aliphatic rings. The summed E-state index contributed by atoms with van der Waals surface area (Å²) in [4.78, 5) is 3.40. The van der Waals surface area contributed by atoms with Crippen LogP contribution in [-0.2, 0) is 4.74 Å². The number of nitrogens with zero attached hydrogens (tertiary/aromatic N) is 1. The molecule has 9 heavy (non-hydrogen) atoms. The molecule has 2 atom stereocenters. The summed E-state index contributed by atoms with van der Waals surface area (Å²) in [6, 6.07) is 0.0625. The van der Waals surface area contributed by atoms with Crippen molar-refractivity contribution in [3.63, 3.8) is 0 Å². The van der Waals surface area contributed by atoms with E-state index in [1.54, 1.807) is 0 Å². The zero-order valence-electron chi connectivity index (χ0n) is 5.63.